The molecule has 0 spiro atoms. The molecule has 206 valence electrons. The molecule has 0 aliphatic heterocycles. The molecule has 3 N–H and O–H groups in total. The van der Waals surface area contributed by atoms with Gasteiger partial charge in [-0.15, -0.1) is 0 Å². The second kappa shape index (κ2) is 16.8. The van der Waals surface area contributed by atoms with Crippen LogP contribution in [0.25, 0.3) is 10.9 Å². The summed E-state index contributed by atoms with van der Waals surface area (Å²) in [5.41, 5.74) is 2.05. The van der Waals surface area contributed by atoms with Crippen molar-refractivity contribution in [3.8, 4) is 0 Å². The van der Waals surface area contributed by atoms with Gasteiger partial charge in [-0.2, -0.15) is 5.10 Å². The molecule has 0 radical (unpaired) electrons. The summed E-state index contributed by atoms with van der Waals surface area (Å²) in [6.45, 7) is 6.71. The van der Waals surface area contributed by atoms with E-state index in [9.17, 15) is 9.59 Å². The van der Waals surface area contributed by atoms with Crippen LogP contribution in [0.5, 0.6) is 0 Å². The lowest BCUT2D eigenvalue weighted by molar-refractivity contribution is 0.0963. The van der Waals surface area contributed by atoms with Crippen molar-refractivity contribution in [3.63, 3.8) is 0 Å². The largest absolute Gasteiger partial charge is 0.385 e. The Balaban J connectivity index is 0.000000694. The number of carbonyl (C=O) groups is 1. The zero-order valence-electron chi connectivity index (χ0n) is 23.6. The van der Waals surface area contributed by atoms with E-state index in [1.165, 1.54) is 10.9 Å². The van der Waals surface area contributed by atoms with Gasteiger partial charge in [0.2, 0.25) is 0 Å². The Morgan fingerprint density at radius 3 is 2.34 bits per heavy atom. The third kappa shape index (κ3) is 9.20. The molecule has 3 aromatic rings. The number of nitrogens with zero attached hydrogens (tertiary/aromatic N) is 4. The summed E-state index contributed by atoms with van der Waals surface area (Å²) in [6.07, 6.45) is 6.38. The van der Waals surface area contributed by atoms with E-state index >= 15 is 0 Å². The van der Waals surface area contributed by atoms with Crippen molar-refractivity contribution in [2.24, 2.45) is 7.05 Å². The fourth-order valence-corrected chi connectivity index (χ4v) is 3.68. The lowest BCUT2D eigenvalue weighted by Crippen LogP contribution is -2.35. The molecule has 0 saturated carbocycles. The van der Waals surface area contributed by atoms with Crippen LogP contribution in [-0.4, -0.2) is 72.7 Å². The Bertz CT molecular complexity index is 1240. The smallest absolute Gasteiger partial charge is 0.276 e. The maximum atomic E-state index is 12.3. The van der Waals surface area contributed by atoms with Gasteiger partial charge in [0.1, 0.15) is 5.52 Å². The van der Waals surface area contributed by atoms with E-state index in [2.05, 4.69) is 37.3 Å². The van der Waals surface area contributed by atoms with E-state index in [0.717, 1.165) is 12.2 Å². The number of amides is 1. The topological polar surface area (TPSA) is 125 Å². The van der Waals surface area contributed by atoms with E-state index in [1.54, 1.807) is 45.6 Å². The molecule has 3 rings (SSSR count). The van der Waals surface area contributed by atoms with E-state index in [0.29, 0.717) is 22.3 Å². The molecular weight excluding hydrogens is 482 g/mol. The Labute approximate surface area is 225 Å². The highest BCUT2D eigenvalue weighted by molar-refractivity contribution is 5.94. The highest BCUT2D eigenvalue weighted by Gasteiger charge is 2.23. The van der Waals surface area contributed by atoms with Gasteiger partial charge in [-0.25, -0.2) is 4.68 Å². The second-order valence-electron chi connectivity index (χ2n) is 8.49. The van der Waals surface area contributed by atoms with Gasteiger partial charge in [-0.3, -0.25) is 14.6 Å². The number of carbonyl (C=O) groups excluding carboxylic acids is 1. The summed E-state index contributed by atoms with van der Waals surface area (Å²) in [7, 11) is 8.93. The number of ether oxygens (including phenoxy) is 1. The fourth-order valence-electron chi connectivity index (χ4n) is 3.68. The van der Waals surface area contributed by atoms with Gasteiger partial charge in [0.15, 0.2) is 5.82 Å². The van der Waals surface area contributed by atoms with Crippen LogP contribution in [0.15, 0.2) is 59.5 Å². The SMILES string of the molecule is C/C=C\C=N.CCOC.CNC(=O)c1ccc(C([C@H](C)Nc2nn(C)c(=O)c3cccnc23)N(C)C)cc1. The second-order valence-corrected chi connectivity index (χ2v) is 8.49. The molecular formula is C28H41N7O3. The lowest BCUT2D eigenvalue weighted by atomic mass is 9.98. The van der Waals surface area contributed by atoms with Gasteiger partial charge in [0, 0.05) is 51.8 Å². The number of hydrogen-bond donors (Lipinski definition) is 3. The van der Waals surface area contributed by atoms with E-state index in [1.807, 2.05) is 58.3 Å². The van der Waals surface area contributed by atoms with E-state index < -0.39 is 0 Å². The van der Waals surface area contributed by atoms with Gasteiger partial charge < -0.3 is 25.7 Å². The van der Waals surface area contributed by atoms with Crippen molar-refractivity contribution >= 4 is 28.8 Å². The zero-order valence-corrected chi connectivity index (χ0v) is 23.6. The number of allylic oxidation sites excluding steroid dienone is 2. The third-order valence-electron chi connectivity index (χ3n) is 5.52. The quantitative estimate of drug-likeness (QED) is 0.385. The maximum absolute atomic E-state index is 12.3. The van der Waals surface area contributed by atoms with Gasteiger partial charge in [0.05, 0.1) is 11.4 Å². The predicted molar refractivity (Wildman–Crippen MR) is 155 cm³/mol. The standard InChI is InChI=1S/C21H26N6O2.C4H7N.C3H8O/c1-13(18(26(3)4)14-8-10-15(11-9-14)20(28)22-2)24-19-17-16(7-6-12-23-17)21(29)27(5)25-19;1-2-3-4-5;1-3-4-2/h6-13,18H,1-5H3,(H,22,28)(H,24,25);2-5H,1H3;3H2,1-2H3/b;3-2-,5-4?;/t13-,18?;;/m0../s1. The minimum atomic E-state index is -0.180. The first-order valence-electron chi connectivity index (χ1n) is 12.3. The predicted octanol–water partition coefficient (Wildman–Crippen LogP) is 3.66. The van der Waals surface area contributed by atoms with E-state index in [4.69, 9.17) is 5.41 Å². The molecule has 0 aliphatic rings. The van der Waals surface area contributed by atoms with Crippen LogP contribution < -0.4 is 16.2 Å². The van der Waals surface area contributed by atoms with Crippen LogP contribution in [-0.2, 0) is 11.8 Å². The molecule has 10 nitrogen and oxygen atoms in total. The molecule has 38 heavy (non-hydrogen) atoms. The van der Waals surface area contributed by atoms with Gasteiger partial charge in [-0.05, 0) is 70.8 Å². The molecule has 10 heteroatoms. The van der Waals surface area contributed by atoms with Crippen molar-refractivity contribution < 1.29 is 9.53 Å². The van der Waals surface area contributed by atoms with Crippen LogP contribution in [0.3, 0.4) is 0 Å². The highest BCUT2D eigenvalue weighted by Crippen LogP contribution is 2.26. The third-order valence-corrected chi connectivity index (χ3v) is 5.52. The molecule has 2 aromatic heterocycles. The van der Waals surface area contributed by atoms with Crippen LogP contribution in [0, 0.1) is 5.41 Å². The summed E-state index contributed by atoms with van der Waals surface area (Å²) in [4.78, 5) is 30.6. The highest BCUT2D eigenvalue weighted by atomic mass is 16.5. The fraction of sp³-hybridized carbons (Fsp3) is 0.393. The summed E-state index contributed by atoms with van der Waals surface area (Å²) < 4.78 is 5.86. The monoisotopic (exact) mass is 523 g/mol. The van der Waals surface area contributed by atoms with Crippen LogP contribution in [0.4, 0.5) is 5.82 Å². The van der Waals surface area contributed by atoms with Gasteiger partial charge in [-0.1, -0.05) is 18.2 Å². The summed E-state index contributed by atoms with van der Waals surface area (Å²) in [5, 5.41) is 17.4. The molecule has 0 aliphatic carbocycles. The minimum absolute atomic E-state index is 0.00605. The minimum Gasteiger partial charge on any atom is -0.385 e. The number of likely N-dealkylation sites (N-methyl/N-ethyl adjacent to an activating group) is 1. The molecule has 0 saturated heterocycles. The number of aryl methyl sites for hydroxylation is 1. The summed E-state index contributed by atoms with van der Waals surface area (Å²) >= 11 is 0. The molecule has 2 heterocycles. The number of fused-ring (bicyclic) bond motifs is 1. The van der Waals surface area contributed by atoms with Crippen molar-refractivity contribution in [2.45, 2.75) is 32.9 Å². The maximum Gasteiger partial charge on any atom is 0.276 e. The number of benzene rings is 1. The van der Waals surface area contributed by atoms with Crippen molar-refractivity contribution in [1.29, 1.82) is 5.41 Å². The Kier molecular flexibility index (Phi) is 14.2. The van der Waals surface area contributed by atoms with E-state index in [-0.39, 0.29) is 23.6 Å². The number of hydrogen-bond acceptors (Lipinski definition) is 8. The van der Waals surface area contributed by atoms with Crippen LogP contribution in [0.1, 0.15) is 42.7 Å². The number of aromatic nitrogens is 3. The zero-order chi connectivity index (χ0) is 28.7. The number of rotatable bonds is 8. The Hall–Kier alpha value is -3.89. The number of anilines is 1. The lowest BCUT2D eigenvalue weighted by Gasteiger charge is -2.31. The average molecular weight is 524 g/mol. The average Bonchev–Trinajstić information content (AvgIpc) is 2.92. The van der Waals surface area contributed by atoms with Gasteiger partial charge in [0.25, 0.3) is 11.5 Å². The number of pyridine rings is 1. The number of methoxy groups -OCH3 is 1. The molecule has 2 atom stereocenters. The molecule has 1 unspecified atom stereocenters. The van der Waals surface area contributed by atoms with Crippen molar-refractivity contribution in [1.82, 2.24) is 25.0 Å². The van der Waals surface area contributed by atoms with Crippen LogP contribution in [0.2, 0.25) is 0 Å². The first kappa shape index (κ1) is 32.1. The number of nitrogens with one attached hydrogen (secondary N) is 3. The Morgan fingerprint density at radius 2 is 1.87 bits per heavy atom. The molecule has 0 fully saturated rings. The summed E-state index contributed by atoms with van der Waals surface area (Å²) in [6, 6.07) is 11.0. The Morgan fingerprint density at radius 1 is 1.24 bits per heavy atom. The molecule has 0 bridgehead atoms. The van der Waals surface area contributed by atoms with Crippen molar-refractivity contribution in [3.05, 3.63) is 76.2 Å². The first-order chi connectivity index (χ1) is 18.2. The normalized spacial score (nSPS) is 12.1. The molecule has 1 amide bonds. The first-order valence-corrected chi connectivity index (χ1v) is 12.3. The van der Waals surface area contributed by atoms with Crippen LogP contribution >= 0.6 is 0 Å². The summed E-state index contributed by atoms with van der Waals surface area (Å²) in [5.74, 6) is 0.445. The van der Waals surface area contributed by atoms with Gasteiger partial charge >= 0.3 is 0 Å². The molecule has 1 aromatic carbocycles. The van der Waals surface area contributed by atoms with Crippen molar-refractivity contribution in [2.75, 3.05) is 40.2 Å².